The number of nitrogens with zero attached hydrogens (tertiary/aromatic N) is 1. The highest BCUT2D eigenvalue weighted by Crippen LogP contribution is 2.29. The number of hydrogen-bond acceptors (Lipinski definition) is 4. The van der Waals surface area contributed by atoms with Gasteiger partial charge in [-0.3, -0.25) is 0 Å². The van der Waals surface area contributed by atoms with Crippen LogP contribution in [0.15, 0.2) is 40.1 Å². The van der Waals surface area contributed by atoms with E-state index in [1.165, 1.54) is 0 Å². The standard InChI is InChI=1S/C13H12N2OS/c1-8(14)13-15-10(7-17-13)12-6-9-4-2-3-5-11(9)16-12/h2-8H,14H2,1H3. The van der Waals surface area contributed by atoms with Crippen LogP contribution in [0.5, 0.6) is 0 Å². The summed E-state index contributed by atoms with van der Waals surface area (Å²) in [6, 6.07) is 9.92. The molecule has 0 spiro atoms. The summed E-state index contributed by atoms with van der Waals surface area (Å²) in [5, 5.41) is 4.01. The summed E-state index contributed by atoms with van der Waals surface area (Å²) >= 11 is 1.57. The summed E-state index contributed by atoms with van der Waals surface area (Å²) in [5.41, 5.74) is 7.54. The third-order valence-corrected chi connectivity index (χ3v) is 3.64. The van der Waals surface area contributed by atoms with Crippen molar-refractivity contribution in [3.05, 3.63) is 40.7 Å². The van der Waals surface area contributed by atoms with Crippen molar-refractivity contribution in [2.45, 2.75) is 13.0 Å². The number of thiazole rings is 1. The van der Waals surface area contributed by atoms with Crippen molar-refractivity contribution in [3.63, 3.8) is 0 Å². The number of para-hydroxylation sites is 1. The van der Waals surface area contributed by atoms with Gasteiger partial charge in [-0.15, -0.1) is 11.3 Å². The molecule has 2 heterocycles. The first kappa shape index (κ1) is 10.5. The molecule has 3 nitrogen and oxygen atoms in total. The first-order valence-corrected chi connectivity index (χ1v) is 6.32. The summed E-state index contributed by atoms with van der Waals surface area (Å²) in [4.78, 5) is 4.48. The average molecular weight is 244 g/mol. The van der Waals surface area contributed by atoms with Crippen LogP contribution >= 0.6 is 11.3 Å². The van der Waals surface area contributed by atoms with Crippen LogP contribution in [0, 0.1) is 0 Å². The van der Waals surface area contributed by atoms with Gasteiger partial charge in [0.2, 0.25) is 0 Å². The molecular weight excluding hydrogens is 232 g/mol. The number of fused-ring (bicyclic) bond motifs is 1. The summed E-state index contributed by atoms with van der Waals surface area (Å²) in [5.74, 6) is 0.800. The molecule has 1 atom stereocenters. The molecule has 0 aliphatic heterocycles. The van der Waals surface area contributed by atoms with E-state index in [1.54, 1.807) is 11.3 Å². The Morgan fingerprint density at radius 1 is 1.35 bits per heavy atom. The lowest BCUT2D eigenvalue weighted by molar-refractivity contribution is 0.628. The topological polar surface area (TPSA) is 52.0 Å². The van der Waals surface area contributed by atoms with Crippen LogP contribution in [0.25, 0.3) is 22.4 Å². The van der Waals surface area contributed by atoms with Crippen LogP contribution in [-0.4, -0.2) is 4.98 Å². The molecule has 0 aliphatic rings. The molecule has 0 saturated heterocycles. The lowest BCUT2D eigenvalue weighted by Gasteiger charge is -1.96. The normalized spacial score (nSPS) is 13.1. The van der Waals surface area contributed by atoms with Gasteiger partial charge in [-0.05, 0) is 19.1 Å². The molecule has 2 aromatic heterocycles. The zero-order chi connectivity index (χ0) is 11.8. The summed E-state index contributed by atoms with van der Waals surface area (Å²) in [6.45, 7) is 1.93. The summed E-state index contributed by atoms with van der Waals surface area (Å²) < 4.78 is 5.75. The van der Waals surface area contributed by atoms with Crippen LogP contribution in [0.3, 0.4) is 0 Å². The molecule has 3 rings (SSSR count). The minimum Gasteiger partial charge on any atom is -0.454 e. The lowest BCUT2D eigenvalue weighted by atomic mass is 10.2. The summed E-state index contributed by atoms with van der Waals surface area (Å²) in [6.07, 6.45) is 0. The Morgan fingerprint density at radius 3 is 2.88 bits per heavy atom. The minimum absolute atomic E-state index is 0.0295. The van der Waals surface area contributed by atoms with Gasteiger partial charge in [-0.1, -0.05) is 18.2 Å². The molecule has 0 radical (unpaired) electrons. The van der Waals surface area contributed by atoms with Crippen LogP contribution in [0.2, 0.25) is 0 Å². The van der Waals surface area contributed by atoms with Gasteiger partial charge in [0, 0.05) is 10.8 Å². The molecule has 4 heteroatoms. The minimum atomic E-state index is -0.0295. The Morgan fingerprint density at radius 2 is 2.18 bits per heavy atom. The fourth-order valence-corrected chi connectivity index (χ4v) is 2.48. The fraction of sp³-hybridized carbons (Fsp3) is 0.154. The van der Waals surface area contributed by atoms with Crippen molar-refractivity contribution in [2.75, 3.05) is 0 Å². The monoisotopic (exact) mass is 244 g/mol. The van der Waals surface area contributed by atoms with Crippen molar-refractivity contribution in [1.29, 1.82) is 0 Å². The van der Waals surface area contributed by atoms with Crippen molar-refractivity contribution in [1.82, 2.24) is 4.98 Å². The number of aromatic nitrogens is 1. The fourth-order valence-electron chi connectivity index (χ4n) is 1.72. The van der Waals surface area contributed by atoms with Gasteiger partial charge < -0.3 is 10.2 Å². The van der Waals surface area contributed by atoms with Gasteiger partial charge in [0.1, 0.15) is 16.3 Å². The molecule has 0 saturated carbocycles. The second kappa shape index (κ2) is 3.98. The molecule has 0 aliphatic carbocycles. The molecule has 0 fully saturated rings. The Bertz CT molecular complexity index is 621. The Hall–Kier alpha value is -1.65. The van der Waals surface area contributed by atoms with Gasteiger partial charge >= 0.3 is 0 Å². The van der Waals surface area contributed by atoms with Gasteiger partial charge in [-0.2, -0.15) is 0 Å². The van der Waals surface area contributed by atoms with Crippen molar-refractivity contribution in [2.24, 2.45) is 5.73 Å². The number of benzene rings is 1. The molecule has 2 N–H and O–H groups in total. The number of nitrogens with two attached hydrogens (primary N) is 1. The summed E-state index contributed by atoms with van der Waals surface area (Å²) in [7, 11) is 0. The second-order valence-corrected chi connectivity index (χ2v) is 4.90. The van der Waals surface area contributed by atoms with E-state index in [9.17, 15) is 0 Å². The largest absolute Gasteiger partial charge is 0.454 e. The van der Waals surface area contributed by atoms with Crippen LogP contribution in [0.4, 0.5) is 0 Å². The highest BCUT2D eigenvalue weighted by atomic mass is 32.1. The van der Waals surface area contributed by atoms with Crippen LogP contribution in [0.1, 0.15) is 18.0 Å². The molecule has 86 valence electrons. The van der Waals surface area contributed by atoms with Crippen LogP contribution in [-0.2, 0) is 0 Å². The number of rotatable bonds is 2. The lowest BCUT2D eigenvalue weighted by Crippen LogP contribution is -2.03. The van der Waals surface area contributed by atoms with E-state index in [-0.39, 0.29) is 6.04 Å². The van der Waals surface area contributed by atoms with E-state index < -0.39 is 0 Å². The predicted octanol–water partition coefficient (Wildman–Crippen LogP) is 3.58. The maximum Gasteiger partial charge on any atom is 0.154 e. The van der Waals surface area contributed by atoms with E-state index in [1.807, 2.05) is 42.6 Å². The number of furan rings is 1. The SMILES string of the molecule is CC(N)c1nc(-c2cc3ccccc3o2)cs1. The molecule has 1 unspecified atom stereocenters. The smallest absolute Gasteiger partial charge is 0.154 e. The van der Waals surface area contributed by atoms with E-state index in [4.69, 9.17) is 10.2 Å². The zero-order valence-electron chi connectivity index (χ0n) is 9.38. The zero-order valence-corrected chi connectivity index (χ0v) is 10.2. The van der Waals surface area contributed by atoms with E-state index in [0.29, 0.717) is 0 Å². The second-order valence-electron chi connectivity index (χ2n) is 4.01. The highest BCUT2D eigenvalue weighted by Gasteiger charge is 2.11. The predicted molar refractivity (Wildman–Crippen MR) is 69.9 cm³/mol. The molecular formula is C13H12N2OS. The molecule has 3 aromatic rings. The average Bonchev–Trinajstić information content (AvgIpc) is 2.95. The van der Waals surface area contributed by atoms with Crippen LogP contribution < -0.4 is 5.73 Å². The van der Waals surface area contributed by atoms with Gasteiger partial charge in [0.15, 0.2) is 5.76 Å². The first-order valence-electron chi connectivity index (χ1n) is 5.44. The molecule has 1 aromatic carbocycles. The maximum atomic E-state index is 5.80. The van der Waals surface area contributed by atoms with Gasteiger partial charge in [-0.25, -0.2) is 4.98 Å². The third kappa shape index (κ3) is 1.85. The van der Waals surface area contributed by atoms with E-state index in [2.05, 4.69) is 4.98 Å². The quantitative estimate of drug-likeness (QED) is 0.749. The van der Waals surface area contributed by atoms with Gasteiger partial charge in [0.05, 0.1) is 6.04 Å². The van der Waals surface area contributed by atoms with Crippen molar-refractivity contribution < 1.29 is 4.42 Å². The Labute approximate surface area is 103 Å². The number of hydrogen-bond donors (Lipinski definition) is 1. The molecule has 0 amide bonds. The third-order valence-electron chi connectivity index (χ3n) is 2.59. The van der Waals surface area contributed by atoms with Crippen molar-refractivity contribution in [3.8, 4) is 11.5 Å². The Kier molecular flexibility index (Phi) is 2.46. The van der Waals surface area contributed by atoms with Gasteiger partial charge in [0.25, 0.3) is 0 Å². The van der Waals surface area contributed by atoms with E-state index >= 15 is 0 Å². The first-order chi connectivity index (χ1) is 8.24. The maximum absolute atomic E-state index is 5.80. The van der Waals surface area contributed by atoms with Crippen molar-refractivity contribution >= 4 is 22.3 Å². The van der Waals surface area contributed by atoms with E-state index in [0.717, 1.165) is 27.4 Å². The highest BCUT2D eigenvalue weighted by molar-refractivity contribution is 7.10. The Balaban J connectivity index is 2.07. The molecule has 17 heavy (non-hydrogen) atoms. The molecule has 0 bridgehead atoms.